The van der Waals surface area contributed by atoms with Crippen LogP contribution in [0.25, 0.3) is 6.08 Å². The number of thioether (sulfide) groups is 1. The summed E-state index contributed by atoms with van der Waals surface area (Å²) in [4.78, 5) is 42.5. The van der Waals surface area contributed by atoms with Crippen molar-refractivity contribution in [1.29, 1.82) is 5.26 Å². The van der Waals surface area contributed by atoms with Crippen molar-refractivity contribution in [2.75, 3.05) is 32.8 Å². The number of halogens is 3. The molecule has 1 fully saturated rings. The molecule has 3 aromatic rings. The molecule has 0 bridgehead atoms. The summed E-state index contributed by atoms with van der Waals surface area (Å²) in [5.41, 5.74) is -1.46. The van der Waals surface area contributed by atoms with Gasteiger partial charge in [-0.3, -0.25) is 4.79 Å². The molecule has 292 valence electrons. The van der Waals surface area contributed by atoms with Crippen LogP contribution in [0.15, 0.2) is 67.3 Å². The van der Waals surface area contributed by atoms with Crippen LogP contribution in [0.4, 0.5) is 13.2 Å². The predicted molar refractivity (Wildman–Crippen MR) is 189 cm³/mol. The van der Waals surface area contributed by atoms with E-state index >= 15 is 4.39 Å². The minimum Gasteiger partial charge on any atom is -0.790 e. The first-order valence-electron chi connectivity index (χ1n) is 17.1. The standard InChI is InChI=1S/C36H43F3N5O8PS.2Na/c1-4-43(5-2)19-29(52-53(46,47)48)13-15-34(45)51-36(22-44-24-41-23-42-44,31-14-12-28(37)17-33(31)39)25(3)54-30-20-49-35(50-21-30)9-7-6-8-27-11-10-26(18-40)16-32(27)38;;/h6-12,14,16-17,23-25,29-30,35H,4-5,13,15,19-22H2,1-3H3,(H2,46,47,48);;/q;2*+1/p-2/b8-6+,9-7+;;/t25-,29?,30?,35?,36-;;/m1../s1. The van der Waals surface area contributed by atoms with E-state index in [1.807, 2.05) is 24.8 Å². The van der Waals surface area contributed by atoms with Crippen LogP contribution in [0.2, 0.25) is 0 Å². The molecule has 2 heterocycles. The van der Waals surface area contributed by atoms with E-state index in [1.54, 1.807) is 25.2 Å². The van der Waals surface area contributed by atoms with Crippen molar-refractivity contribution in [2.24, 2.45) is 0 Å². The van der Waals surface area contributed by atoms with E-state index < -0.39 is 60.9 Å². The number of carbonyl (C=O) groups excluding carboxylic acids is 1. The molecule has 0 saturated carbocycles. The summed E-state index contributed by atoms with van der Waals surface area (Å²) in [5, 5.41) is 12.0. The number of hydrogen-bond donors (Lipinski definition) is 0. The molecule has 0 spiro atoms. The number of benzene rings is 2. The number of phosphoric ester groups is 1. The van der Waals surface area contributed by atoms with Crippen LogP contribution in [-0.2, 0) is 40.2 Å². The Morgan fingerprint density at radius 2 is 1.86 bits per heavy atom. The van der Waals surface area contributed by atoms with E-state index in [0.29, 0.717) is 24.7 Å². The summed E-state index contributed by atoms with van der Waals surface area (Å²) in [5.74, 6) is -3.22. The van der Waals surface area contributed by atoms with E-state index in [9.17, 15) is 27.9 Å². The number of hydrogen-bond acceptors (Lipinski definition) is 13. The molecule has 1 unspecified atom stereocenters. The molecule has 1 aliphatic heterocycles. The van der Waals surface area contributed by atoms with Gasteiger partial charge in [0.1, 0.15) is 30.1 Å². The third-order valence-electron chi connectivity index (χ3n) is 8.58. The van der Waals surface area contributed by atoms with Gasteiger partial charge in [-0.1, -0.05) is 38.1 Å². The Labute approximate surface area is 372 Å². The fourth-order valence-electron chi connectivity index (χ4n) is 5.79. The fourth-order valence-corrected chi connectivity index (χ4v) is 7.69. The van der Waals surface area contributed by atoms with Crippen LogP contribution in [-0.4, -0.2) is 81.4 Å². The predicted octanol–water partition coefficient (Wildman–Crippen LogP) is -1.52. The van der Waals surface area contributed by atoms with Gasteiger partial charge in [0.15, 0.2) is 11.9 Å². The second kappa shape index (κ2) is 24.3. The number of rotatable bonds is 19. The Morgan fingerprint density at radius 1 is 1.14 bits per heavy atom. The quantitative estimate of drug-likeness (QED) is 0.0591. The second-order valence-corrected chi connectivity index (χ2v) is 15.1. The molecular weight excluding hydrogens is 796 g/mol. The molecule has 1 saturated heterocycles. The monoisotopic (exact) mass is 837 g/mol. The smallest absolute Gasteiger partial charge is 0.790 e. The number of esters is 1. The average molecular weight is 838 g/mol. The van der Waals surface area contributed by atoms with Gasteiger partial charge in [-0.05, 0) is 56.8 Å². The third-order valence-corrected chi connectivity index (χ3v) is 10.6. The minimum absolute atomic E-state index is 0. The molecule has 0 aliphatic carbocycles. The Hall–Kier alpha value is -1.85. The molecule has 13 nitrogen and oxygen atoms in total. The van der Waals surface area contributed by atoms with Gasteiger partial charge in [-0.25, -0.2) is 22.8 Å². The first kappa shape index (κ1) is 50.3. The van der Waals surface area contributed by atoms with Gasteiger partial charge in [0.05, 0.1) is 50.6 Å². The average Bonchev–Trinajstić information content (AvgIpc) is 3.64. The van der Waals surface area contributed by atoms with Crippen LogP contribution in [0.3, 0.4) is 0 Å². The Kier molecular flexibility index (Phi) is 21.8. The van der Waals surface area contributed by atoms with Gasteiger partial charge in [-0.15, -0.1) is 11.8 Å². The molecule has 1 aromatic heterocycles. The summed E-state index contributed by atoms with van der Waals surface area (Å²) in [6, 6.07) is 8.94. The Balaban J connectivity index is 0.00000541. The van der Waals surface area contributed by atoms with Crippen molar-refractivity contribution in [2.45, 2.75) is 68.7 Å². The van der Waals surface area contributed by atoms with Crippen molar-refractivity contribution in [3.8, 4) is 6.07 Å². The van der Waals surface area contributed by atoms with Gasteiger partial charge >= 0.3 is 65.1 Å². The summed E-state index contributed by atoms with van der Waals surface area (Å²) in [6.45, 7) is 6.63. The molecule has 20 heteroatoms. The molecule has 1 aliphatic rings. The topological polar surface area (TPSA) is 175 Å². The van der Waals surface area contributed by atoms with E-state index in [0.717, 1.165) is 12.1 Å². The van der Waals surface area contributed by atoms with Gasteiger partial charge in [-0.2, -0.15) is 10.4 Å². The van der Waals surface area contributed by atoms with E-state index in [1.165, 1.54) is 53.4 Å². The number of ether oxygens (including phenoxy) is 3. The van der Waals surface area contributed by atoms with E-state index in [2.05, 4.69) is 10.1 Å². The summed E-state index contributed by atoms with van der Waals surface area (Å²) in [6.07, 6.45) is 6.50. The molecule has 0 radical (unpaired) electrons. The van der Waals surface area contributed by atoms with Crippen LogP contribution in [0, 0.1) is 28.8 Å². The van der Waals surface area contributed by atoms with E-state index in [-0.39, 0.29) is 108 Å². The number of phosphoric acid groups is 1. The summed E-state index contributed by atoms with van der Waals surface area (Å²) >= 11 is 1.28. The zero-order valence-electron chi connectivity index (χ0n) is 31.9. The van der Waals surface area contributed by atoms with Crippen LogP contribution >= 0.6 is 19.6 Å². The van der Waals surface area contributed by atoms with Crippen molar-refractivity contribution in [3.63, 3.8) is 0 Å². The number of carbonyl (C=O) groups is 1. The van der Waals surface area contributed by atoms with Gasteiger partial charge in [0.2, 0.25) is 0 Å². The number of aromatic nitrogens is 3. The maximum absolute atomic E-state index is 15.7. The van der Waals surface area contributed by atoms with Crippen LogP contribution in [0.5, 0.6) is 0 Å². The second-order valence-electron chi connectivity index (χ2n) is 12.3. The minimum atomic E-state index is -5.40. The van der Waals surface area contributed by atoms with Crippen molar-refractivity contribution >= 4 is 31.6 Å². The van der Waals surface area contributed by atoms with E-state index in [4.69, 9.17) is 24.0 Å². The van der Waals surface area contributed by atoms with Gasteiger partial charge < -0.3 is 38.0 Å². The SMILES string of the molecule is CCN(CC)CC(CCC(=O)O[C@@](Cn1cncn1)(c1ccc(F)cc1F)[C@@H](C)SC1COC(/C=C/C=C/c2ccc(C#N)cc2F)OC1)OP(=O)([O-])[O-].[Na+].[Na+]. The largest absolute Gasteiger partial charge is 1.00 e. The van der Waals surface area contributed by atoms with Crippen LogP contribution in [0.1, 0.15) is 50.3 Å². The fraction of sp³-hybridized carbons (Fsp3) is 0.444. The molecular formula is C36H41F3N5Na2O8PS. The molecule has 4 rings (SSSR count). The normalized spacial score (nSPS) is 18.1. The van der Waals surface area contributed by atoms with Crippen LogP contribution < -0.4 is 68.9 Å². The number of likely N-dealkylation sites (N-methyl/N-ethyl adjacent to an activating group) is 1. The summed E-state index contributed by atoms with van der Waals surface area (Å²) in [7, 11) is -5.40. The molecule has 3 atom stereocenters. The Bertz CT molecular complexity index is 1840. The Morgan fingerprint density at radius 3 is 2.45 bits per heavy atom. The maximum Gasteiger partial charge on any atom is 1.00 e. The number of nitrogens with zero attached hydrogens (tertiary/aromatic N) is 5. The maximum atomic E-state index is 15.7. The molecule has 56 heavy (non-hydrogen) atoms. The van der Waals surface area contributed by atoms with Gasteiger partial charge in [0, 0.05) is 35.4 Å². The van der Waals surface area contributed by atoms with Crippen molar-refractivity contribution in [3.05, 3.63) is 101 Å². The van der Waals surface area contributed by atoms with Gasteiger partial charge in [0.25, 0.3) is 0 Å². The van der Waals surface area contributed by atoms with Crippen molar-refractivity contribution in [1.82, 2.24) is 19.7 Å². The number of nitriles is 1. The first-order valence-corrected chi connectivity index (χ1v) is 19.5. The molecule has 2 aromatic carbocycles. The number of allylic oxidation sites excluding steroid dienone is 2. The zero-order valence-corrected chi connectivity index (χ0v) is 37.6. The first-order chi connectivity index (χ1) is 25.7. The third kappa shape index (κ3) is 15.4. The molecule has 0 amide bonds. The van der Waals surface area contributed by atoms with Crippen molar-refractivity contribution < 1.29 is 110 Å². The zero-order chi connectivity index (χ0) is 39.3. The summed E-state index contributed by atoms with van der Waals surface area (Å²) < 4.78 is 79.7. The molecule has 0 N–H and O–H groups in total.